The number of hydrogen-bond donors (Lipinski definition) is 1. The lowest BCUT2D eigenvalue weighted by atomic mass is 9.99. The van der Waals surface area contributed by atoms with Crippen LogP contribution >= 0.6 is 11.6 Å². The summed E-state index contributed by atoms with van der Waals surface area (Å²) in [7, 11) is 0. The van der Waals surface area contributed by atoms with Crippen molar-refractivity contribution < 1.29 is 8.81 Å². The summed E-state index contributed by atoms with van der Waals surface area (Å²) < 4.78 is 20.0. The number of aryl methyl sites for hydroxylation is 1. The molecule has 0 amide bonds. The fourth-order valence-electron chi connectivity index (χ4n) is 3.61. The van der Waals surface area contributed by atoms with Crippen molar-refractivity contribution in [3.8, 4) is 17.5 Å². The van der Waals surface area contributed by atoms with E-state index in [0.717, 1.165) is 5.56 Å². The number of anilines is 1. The van der Waals surface area contributed by atoms with E-state index in [9.17, 15) is 14.4 Å². The Morgan fingerprint density at radius 2 is 2.00 bits per heavy atom. The van der Waals surface area contributed by atoms with Crippen LogP contribution in [-0.2, 0) is 0 Å². The van der Waals surface area contributed by atoms with Gasteiger partial charge in [-0.2, -0.15) is 5.26 Å². The summed E-state index contributed by atoms with van der Waals surface area (Å²) in [6, 6.07) is 11.0. The highest BCUT2D eigenvalue weighted by Crippen LogP contribution is 2.32. The molecule has 0 radical (unpaired) electrons. The van der Waals surface area contributed by atoms with Crippen molar-refractivity contribution >= 4 is 28.3 Å². The highest BCUT2D eigenvalue weighted by Gasteiger charge is 2.20. The van der Waals surface area contributed by atoms with E-state index in [2.05, 4.69) is 15.3 Å². The third kappa shape index (κ3) is 3.93. The molecule has 0 fully saturated rings. The first kappa shape index (κ1) is 21.5. The van der Waals surface area contributed by atoms with E-state index >= 15 is 0 Å². The highest BCUT2D eigenvalue weighted by atomic mass is 35.5. The Morgan fingerprint density at radius 1 is 1.22 bits per heavy atom. The van der Waals surface area contributed by atoms with Crippen molar-refractivity contribution in [2.24, 2.45) is 0 Å². The maximum Gasteiger partial charge on any atom is 0.196 e. The third-order valence-electron chi connectivity index (χ3n) is 5.15. The molecule has 0 bridgehead atoms. The molecule has 0 saturated heterocycles. The van der Waals surface area contributed by atoms with Gasteiger partial charge in [0.1, 0.15) is 28.3 Å². The van der Waals surface area contributed by atoms with E-state index in [4.69, 9.17) is 16.0 Å². The van der Waals surface area contributed by atoms with Gasteiger partial charge in [0.05, 0.1) is 17.1 Å². The quantitative estimate of drug-likeness (QED) is 0.402. The first-order valence-corrected chi connectivity index (χ1v) is 10.2. The van der Waals surface area contributed by atoms with Crippen LogP contribution in [0.25, 0.3) is 22.4 Å². The van der Waals surface area contributed by atoms with Gasteiger partial charge >= 0.3 is 0 Å². The van der Waals surface area contributed by atoms with Crippen LogP contribution in [-0.4, -0.2) is 9.97 Å². The van der Waals surface area contributed by atoms with E-state index in [1.165, 1.54) is 18.3 Å². The molecule has 32 heavy (non-hydrogen) atoms. The second-order valence-corrected chi connectivity index (χ2v) is 7.87. The average molecular weight is 449 g/mol. The minimum Gasteiger partial charge on any atom is -0.454 e. The van der Waals surface area contributed by atoms with Crippen molar-refractivity contribution in [1.29, 1.82) is 5.26 Å². The Bertz CT molecular complexity index is 1460. The van der Waals surface area contributed by atoms with E-state index < -0.39 is 5.82 Å². The molecular weight excluding hydrogens is 431 g/mol. The summed E-state index contributed by atoms with van der Waals surface area (Å²) in [5.41, 5.74) is 2.98. The fraction of sp³-hybridized carbons (Fsp3) is 0.167. The zero-order valence-electron chi connectivity index (χ0n) is 17.5. The summed E-state index contributed by atoms with van der Waals surface area (Å²) in [6.45, 7) is 5.40. The normalized spacial score (nSPS) is 11.9. The van der Waals surface area contributed by atoms with Gasteiger partial charge in [-0.15, -0.1) is 0 Å². The minimum absolute atomic E-state index is 0.156. The molecule has 0 spiro atoms. The van der Waals surface area contributed by atoms with Crippen LogP contribution in [0.2, 0.25) is 5.15 Å². The van der Waals surface area contributed by atoms with Gasteiger partial charge in [0.25, 0.3) is 0 Å². The third-order valence-corrected chi connectivity index (χ3v) is 5.36. The van der Waals surface area contributed by atoms with Crippen LogP contribution in [0.4, 0.5) is 10.1 Å². The molecule has 0 unspecified atom stereocenters. The number of nitriles is 1. The Kier molecular flexibility index (Phi) is 5.64. The number of halogens is 2. The molecule has 6 nitrogen and oxygen atoms in total. The Hall–Kier alpha value is -3.76. The van der Waals surface area contributed by atoms with Crippen molar-refractivity contribution in [3.05, 3.63) is 86.2 Å². The predicted molar refractivity (Wildman–Crippen MR) is 121 cm³/mol. The van der Waals surface area contributed by atoms with E-state index in [1.54, 1.807) is 25.1 Å². The first-order chi connectivity index (χ1) is 15.3. The zero-order chi connectivity index (χ0) is 23.0. The SMILES string of the molecule is Cc1cc([C@@H](C)Nc2ccc(Cl)nc2C#N)c2oc(-c3cc(F)ccn3)c(C)c(=O)c2c1. The van der Waals surface area contributed by atoms with Gasteiger partial charge in [0.15, 0.2) is 16.9 Å². The number of aromatic nitrogens is 2. The second-order valence-electron chi connectivity index (χ2n) is 7.48. The van der Waals surface area contributed by atoms with Crippen molar-refractivity contribution in [1.82, 2.24) is 9.97 Å². The molecule has 1 atom stereocenters. The maximum absolute atomic E-state index is 13.8. The molecule has 3 aromatic heterocycles. The summed E-state index contributed by atoms with van der Waals surface area (Å²) in [5.74, 6) is -0.263. The molecule has 0 aliphatic heterocycles. The van der Waals surface area contributed by atoms with E-state index in [-0.39, 0.29) is 33.8 Å². The van der Waals surface area contributed by atoms with E-state index in [0.29, 0.717) is 27.8 Å². The van der Waals surface area contributed by atoms with Gasteiger partial charge in [-0.1, -0.05) is 17.7 Å². The van der Waals surface area contributed by atoms with Gasteiger partial charge in [-0.05, 0) is 50.6 Å². The molecular formula is C24H18ClFN4O2. The standard InChI is InChI=1S/C24H18ClFN4O2/c1-12-8-16(14(3)29-18-4-5-21(25)30-20(18)11-27)24-17(9-12)22(31)13(2)23(32-24)19-10-15(26)6-7-28-19/h4-10,14,29H,1-3H3/t14-/m1/s1. The van der Waals surface area contributed by atoms with Crippen LogP contribution in [0.1, 0.15) is 35.3 Å². The number of fused-ring (bicyclic) bond motifs is 1. The van der Waals surface area contributed by atoms with Gasteiger partial charge in [-0.3, -0.25) is 9.78 Å². The van der Waals surface area contributed by atoms with Gasteiger partial charge in [0.2, 0.25) is 0 Å². The number of pyridine rings is 2. The van der Waals surface area contributed by atoms with Crippen LogP contribution in [0.5, 0.6) is 0 Å². The lowest BCUT2D eigenvalue weighted by molar-refractivity contribution is 0.597. The van der Waals surface area contributed by atoms with Crippen LogP contribution in [0, 0.1) is 31.0 Å². The largest absolute Gasteiger partial charge is 0.454 e. The highest BCUT2D eigenvalue weighted by molar-refractivity contribution is 6.29. The Labute approximate surface area is 188 Å². The zero-order valence-corrected chi connectivity index (χ0v) is 18.3. The number of benzene rings is 1. The van der Waals surface area contributed by atoms with Crippen LogP contribution < -0.4 is 10.7 Å². The van der Waals surface area contributed by atoms with Crippen molar-refractivity contribution in [3.63, 3.8) is 0 Å². The lowest BCUT2D eigenvalue weighted by Crippen LogP contribution is -2.13. The Morgan fingerprint density at radius 3 is 2.72 bits per heavy atom. The molecule has 3 heterocycles. The molecule has 160 valence electrons. The lowest BCUT2D eigenvalue weighted by Gasteiger charge is -2.19. The second kappa shape index (κ2) is 8.40. The average Bonchev–Trinajstić information content (AvgIpc) is 2.77. The van der Waals surface area contributed by atoms with Gasteiger partial charge in [-0.25, -0.2) is 9.37 Å². The minimum atomic E-state index is -0.476. The number of nitrogens with one attached hydrogen (secondary N) is 1. The summed E-state index contributed by atoms with van der Waals surface area (Å²) in [6.07, 6.45) is 1.32. The summed E-state index contributed by atoms with van der Waals surface area (Å²) in [5, 5.41) is 13.3. The number of nitrogens with zero attached hydrogens (tertiary/aromatic N) is 3. The molecule has 8 heteroatoms. The number of rotatable bonds is 4. The summed E-state index contributed by atoms with van der Waals surface area (Å²) >= 11 is 5.89. The predicted octanol–water partition coefficient (Wildman–Crippen LogP) is 5.70. The van der Waals surface area contributed by atoms with Gasteiger partial charge < -0.3 is 9.73 Å². The van der Waals surface area contributed by atoms with E-state index in [1.807, 2.05) is 26.0 Å². The van der Waals surface area contributed by atoms with Crippen LogP contribution in [0.15, 0.2) is 51.8 Å². The Balaban J connectivity index is 1.90. The molecule has 0 aliphatic rings. The molecule has 4 aromatic rings. The molecule has 0 saturated carbocycles. The van der Waals surface area contributed by atoms with Crippen molar-refractivity contribution in [2.75, 3.05) is 5.32 Å². The first-order valence-electron chi connectivity index (χ1n) is 9.81. The van der Waals surface area contributed by atoms with Crippen molar-refractivity contribution in [2.45, 2.75) is 26.8 Å². The maximum atomic E-state index is 13.8. The smallest absolute Gasteiger partial charge is 0.196 e. The topological polar surface area (TPSA) is 91.8 Å². The molecule has 4 rings (SSSR count). The monoisotopic (exact) mass is 448 g/mol. The fourth-order valence-corrected chi connectivity index (χ4v) is 3.76. The molecule has 1 aromatic carbocycles. The molecule has 1 N–H and O–H groups in total. The van der Waals surface area contributed by atoms with Gasteiger partial charge in [0, 0.05) is 23.4 Å². The van der Waals surface area contributed by atoms with Crippen LogP contribution in [0.3, 0.4) is 0 Å². The number of hydrogen-bond acceptors (Lipinski definition) is 6. The molecule has 0 aliphatic carbocycles. The summed E-state index contributed by atoms with van der Waals surface area (Å²) in [4.78, 5) is 21.4.